The first-order chi connectivity index (χ1) is 16.6. The lowest BCUT2D eigenvalue weighted by Gasteiger charge is -2.34. The molecule has 1 aliphatic rings. The predicted octanol–water partition coefficient (Wildman–Crippen LogP) is 4.02. The average molecular weight is 495 g/mol. The molecule has 6 nitrogen and oxygen atoms in total. The summed E-state index contributed by atoms with van der Waals surface area (Å²) in [6, 6.07) is 17.0. The molecule has 0 atom stereocenters. The first-order valence-corrected chi connectivity index (χ1v) is 12.9. The van der Waals surface area contributed by atoms with E-state index in [-0.39, 0.29) is 23.0 Å². The Morgan fingerprint density at radius 3 is 2.50 bits per heavy atom. The van der Waals surface area contributed by atoms with Crippen molar-refractivity contribution in [2.45, 2.75) is 11.7 Å². The van der Waals surface area contributed by atoms with Gasteiger partial charge in [0.15, 0.2) is 5.16 Å². The van der Waals surface area contributed by atoms with Gasteiger partial charge < -0.3 is 4.90 Å². The van der Waals surface area contributed by atoms with E-state index in [0.29, 0.717) is 34.8 Å². The maximum absolute atomic E-state index is 13.5. The van der Waals surface area contributed by atoms with Crippen LogP contribution in [0.3, 0.4) is 0 Å². The molecular weight excluding hydrogens is 471 g/mol. The van der Waals surface area contributed by atoms with Gasteiger partial charge >= 0.3 is 0 Å². The molecule has 34 heavy (non-hydrogen) atoms. The molecule has 9 heteroatoms. The van der Waals surface area contributed by atoms with Crippen molar-refractivity contribution in [2.24, 2.45) is 0 Å². The van der Waals surface area contributed by atoms with Crippen LogP contribution in [0, 0.1) is 5.82 Å². The molecule has 2 aromatic carbocycles. The highest BCUT2D eigenvalue weighted by atomic mass is 32.2. The molecule has 0 saturated carbocycles. The van der Waals surface area contributed by atoms with E-state index in [1.807, 2.05) is 11.0 Å². The molecule has 0 radical (unpaired) electrons. The van der Waals surface area contributed by atoms with Gasteiger partial charge in [-0.25, -0.2) is 9.37 Å². The molecule has 1 fully saturated rings. The Balaban J connectivity index is 1.31. The Morgan fingerprint density at radius 1 is 1.00 bits per heavy atom. The molecular formula is C25H23FN4O2S2. The molecule has 5 rings (SSSR count). The van der Waals surface area contributed by atoms with Gasteiger partial charge in [0.05, 0.1) is 22.3 Å². The third-order valence-corrected chi connectivity index (χ3v) is 7.62. The van der Waals surface area contributed by atoms with Crippen LogP contribution in [0.5, 0.6) is 0 Å². The molecule has 3 heterocycles. The van der Waals surface area contributed by atoms with Crippen LogP contribution in [-0.4, -0.2) is 57.2 Å². The number of carbonyl (C=O) groups excluding carboxylic acids is 1. The van der Waals surface area contributed by atoms with Crippen LogP contribution in [0.4, 0.5) is 4.39 Å². The van der Waals surface area contributed by atoms with E-state index in [0.717, 1.165) is 19.6 Å². The number of piperazine rings is 1. The number of para-hydroxylation sites is 1. The molecule has 0 N–H and O–H groups in total. The van der Waals surface area contributed by atoms with Crippen molar-refractivity contribution in [3.8, 4) is 5.69 Å². The van der Waals surface area contributed by atoms with Crippen LogP contribution in [0.1, 0.15) is 4.88 Å². The molecule has 1 amide bonds. The molecule has 1 saturated heterocycles. The average Bonchev–Trinajstić information content (AvgIpc) is 3.37. The number of hydrogen-bond acceptors (Lipinski definition) is 6. The van der Waals surface area contributed by atoms with Crippen molar-refractivity contribution in [3.05, 3.63) is 87.1 Å². The lowest BCUT2D eigenvalue weighted by atomic mass is 10.2. The molecule has 1 aliphatic heterocycles. The fraction of sp³-hybridized carbons (Fsp3) is 0.240. The summed E-state index contributed by atoms with van der Waals surface area (Å²) in [5.41, 5.74) is 0.846. The minimum Gasteiger partial charge on any atom is -0.339 e. The minimum atomic E-state index is -0.381. The molecule has 0 bridgehead atoms. The third kappa shape index (κ3) is 4.91. The number of carbonyl (C=O) groups is 1. The van der Waals surface area contributed by atoms with Gasteiger partial charge in [-0.15, -0.1) is 11.3 Å². The zero-order valence-electron chi connectivity index (χ0n) is 18.4. The first kappa shape index (κ1) is 22.8. The van der Waals surface area contributed by atoms with E-state index in [4.69, 9.17) is 0 Å². The van der Waals surface area contributed by atoms with E-state index >= 15 is 0 Å². The number of fused-ring (bicyclic) bond motifs is 1. The highest BCUT2D eigenvalue weighted by Crippen LogP contribution is 2.22. The summed E-state index contributed by atoms with van der Waals surface area (Å²) < 4.78 is 14.9. The van der Waals surface area contributed by atoms with Gasteiger partial charge in [-0.1, -0.05) is 30.0 Å². The largest absolute Gasteiger partial charge is 0.339 e. The summed E-state index contributed by atoms with van der Waals surface area (Å²) in [5.74, 6) is -0.182. The Labute approximate surface area is 204 Å². The second kappa shape index (κ2) is 10.1. The zero-order valence-corrected chi connectivity index (χ0v) is 20.0. The maximum atomic E-state index is 13.5. The lowest BCUT2D eigenvalue weighted by Crippen LogP contribution is -2.48. The number of benzene rings is 2. The van der Waals surface area contributed by atoms with E-state index in [9.17, 15) is 14.0 Å². The molecule has 0 unspecified atom stereocenters. The number of aromatic nitrogens is 2. The maximum Gasteiger partial charge on any atom is 0.266 e. The second-order valence-electron chi connectivity index (χ2n) is 8.05. The number of halogens is 1. The Bertz CT molecular complexity index is 1350. The van der Waals surface area contributed by atoms with Crippen molar-refractivity contribution >= 4 is 39.9 Å². The van der Waals surface area contributed by atoms with Crippen LogP contribution >= 0.6 is 23.1 Å². The molecule has 0 spiro atoms. The topological polar surface area (TPSA) is 58.4 Å². The van der Waals surface area contributed by atoms with E-state index in [1.165, 1.54) is 33.3 Å². The van der Waals surface area contributed by atoms with Gasteiger partial charge in [-0.05, 0) is 47.8 Å². The van der Waals surface area contributed by atoms with Crippen molar-refractivity contribution in [1.29, 1.82) is 0 Å². The number of thiophene rings is 1. The van der Waals surface area contributed by atoms with Gasteiger partial charge in [0.2, 0.25) is 5.91 Å². The van der Waals surface area contributed by atoms with Crippen molar-refractivity contribution in [2.75, 3.05) is 31.9 Å². The number of amides is 1. The van der Waals surface area contributed by atoms with Gasteiger partial charge in [0, 0.05) is 37.6 Å². The number of thioether (sulfide) groups is 1. The second-order valence-corrected chi connectivity index (χ2v) is 10.0. The molecule has 4 aromatic rings. The Hall–Kier alpha value is -3.01. The summed E-state index contributed by atoms with van der Waals surface area (Å²) in [5, 5.41) is 2.97. The lowest BCUT2D eigenvalue weighted by molar-refractivity contribution is -0.130. The summed E-state index contributed by atoms with van der Waals surface area (Å²) in [7, 11) is 0. The van der Waals surface area contributed by atoms with Gasteiger partial charge in [-0.3, -0.25) is 19.1 Å². The SMILES string of the molecule is O=C(CSc1nc2ccccc2c(=O)n1-c1ccc(F)cc1)N1CCN(Cc2cccs2)CC1. The minimum absolute atomic E-state index is 0.0221. The number of nitrogens with zero attached hydrogens (tertiary/aromatic N) is 4. The first-order valence-electron chi connectivity index (χ1n) is 11.0. The van der Waals surface area contributed by atoms with Crippen LogP contribution in [0.25, 0.3) is 16.6 Å². The van der Waals surface area contributed by atoms with E-state index in [1.54, 1.807) is 41.7 Å². The predicted molar refractivity (Wildman–Crippen MR) is 134 cm³/mol. The zero-order chi connectivity index (χ0) is 23.5. The van der Waals surface area contributed by atoms with Gasteiger partial charge in [-0.2, -0.15) is 0 Å². The standard InChI is InChI=1S/C25H23FN4O2S2/c26-18-7-9-19(10-8-18)30-24(32)21-5-1-2-6-22(21)27-25(30)34-17-23(31)29-13-11-28(12-14-29)16-20-4-3-15-33-20/h1-10,15H,11-14,16-17H2. The third-order valence-electron chi connectivity index (χ3n) is 5.84. The normalized spacial score (nSPS) is 14.6. The Kier molecular flexibility index (Phi) is 6.75. The fourth-order valence-corrected chi connectivity index (χ4v) is 5.68. The monoisotopic (exact) mass is 494 g/mol. The van der Waals surface area contributed by atoms with Crippen LogP contribution in [0.15, 0.2) is 76.0 Å². The molecule has 2 aromatic heterocycles. The smallest absolute Gasteiger partial charge is 0.266 e. The molecule has 174 valence electrons. The van der Waals surface area contributed by atoms with Crippen molar-refractivity contribution in [3.63, 3.8) is 0 Å². The Morgan fingerprint density at radius 2 is 1.76 bits per heavy atom. The summed E-state index contributed by atoms with van der Waals surface area (Å²) in [6.45, 7) is 3.95. The highest BCUT2D eigenvalue weighted by Gasteiger charge is 2.22. The van der Waals surface area contributed by atoms with Crippen LogP contribution in [-0.2, 0) is 11.3 Å². The van der Waals surface area contributed by atoms with Crippen molar-refractivity contribution < 1.29 is 9.18 Å². The summed E-state index contributed by atoms with van der Waals surface area (Å²) >= 11 is 2.99. The quantitative estimate of drug-likeness (QED) is 0.299. The van der Waals surface area contributed by atoms with Gasteiger partial charge in [0.1, 0.15) is 5.82 Å². The summed E-state index contributed by atoms with van der Waals surface area (Å²) in [4.78, 5) is 36.4. The van der Waals surface area contributed by atoms with Crippen LogP contribution < -0.4 is 5.56 Å². The highest BCUT2D eigenvalue weighted by molar-refractivity contribution is 7.99. The number of hydrogen-bond donors (Lipinski definition) is 0. The van der Waals surface area contributed by atoms with Crippen LogP contribution in [0.2, 0.25) is 0 Å². The fourth-order valence-electron chi connectivity index (χ4n) is 4.02. The number of rotatable bonds is 6. The van der Waals surface area contributed by atoms with E-state index < -0.39 is 0 Å². The van der Waals surface area contributed by atoms with Gasteiger partial charge in [0.25, 0.3) is 5.56 Å². The van der Waals surface area contributed by atoms with Crippen molar-refractivity contribution in [1.82, 2.24) is 19.4 Å². The molecule has 0 aliphatic carbocycles. The van der Waals surface area contributed by atoms with E-state index in [2.05, 4.69) is 27.4 Å². The summed E-state index contributed by atoms with van der Waals surface area (Å²) in [6.07, 6.45) is 0.